The highest BCUT2D eigenvalue weighted by Crippen LogP contribution is 2.49. The van der Waals surface area contributed by atoms with Crippen molar-refractivity contribution in [2.75, 3.05) is 0 Å². The van der Waals surface area contributed by atoms with E-state index in [4.69, 9.17) is 29.9 Å². The van der Waals surface area contributed by atoms with Crippen LogP contribution in [0.25, 0.3) is 251 Å². The molecule has 26 aromatic rings. The standard InChI is InChI=1S/C40H22N4.2C34H20N2/c1-5-25-21-33(31-7-3-19-43-39(31)37(25)41-17-1)27-13-9-23-12-16-30-28(14-10-24-11-15-29(27)35(23)36(24)30)34-22-26-6-2-18-42-38(26)40-32(34)8-4-20-44-40;1-5-23-7-3-19-35-33(23)29(9-1)25-15-11-21-14-18-28-26(16-12-22-13-17-27(25)31(21)32(22)28)30-10-2-6-24-8-4-20-36-34(24)30;1-3-7-31-23(5-1)17-25(19-35-31)27-13-9-21-12-16-30-28(14-10-22-11-15-29(27)33(21)34(22)30)26-18-24-6-2-4-8-32(24)36-20-26/h1-22H;2*1-20H. The van der Waals surface area contributed by atoms with Crippen LogP contribution in [0.5, 0.6) is 0 Å². The summed E-state index contributed by atoms with van der Waals surface area (Å²) in [6.07, 6.45) is 15.2. The van der Waals surface area contributed by atoms with Crippen LogP contribution in [0.2, 0.25) is 0 Å². The molecule has 8 heterocycles. The van der Waals surface area contributed by atoms with Gasteiger partial charge in [-0.2, -0.15) is 0 Å². The monoisotopic (exact) mass is 1470 g/mol. The number of aromatic nitrogens is 8. The molecule has 0 aliphatic heterocycles. The van der Waals surface area contributed by atoms with E-state index in [1.165, 1.54) is 153 Å². The first-order valence-electron chi connectivity index (χ1n) is 39.3. The van der Waals surface area contributed by atoms with Crippen LogP contribution in [0, 0.1) is 0 Å². The van der Waals surface area contributed by atoms with Gasteiger partial charge in [0, 0.05) is 115 Å². The Hall–Kier alpha value is -15.6. The fourth-order valence-corrected chi connectivity index (χ4v) is 18.9. The Bertz CT molecular complexity index is 8060. The predicted molar refractivity (Wildman–Crippen MR) is 485 cm³/mol. The van der Waals surface area contributed by atoms with E-state index >= 15 is 0 Å². The maximum Gasteiger partial charge on any atom is 0.0970 e. The summed E-state index contributed by atoms with van der Waals surface area (Å²) in [5.41, 5.74) is 22.1. The summed E-state index contributed by atoms with van der Waals surface area (Å²) in [7, 11) is 0. The SMILES string of the molecule is c1ccc2ncc(-c3ccc4ccc5c(-c6cnc7ccccc7c6)ccc6ccc3c4c65)cc2c1.c1cnc2c(-c3ccc4ccc5c(-c6cccc7cccnc67)ccc6ccc3c4c65)cccc2c1.c1cnc2c(c1)cc(-c1ccc3ccc4c(-c5cc6cccnc6c6ncccc56)ccc5ccc1c3c54)c1cccnc12. The molecule has 534 valence electrons. The van der Waals surface area contributed by atoms with Crippen molar-refractivity contribution in [3.8, 4) is 66.8 Å². The molecule has 0 aliphatic rings. The second-order valence-corrected chi connectivity index (χ2v) is 30.3. The topological polar surface area (TPSA) is 103 Å². The average molecular weight is 1470 g/mol. The van der Waals surface area contributed by atoms with Crippen molar-refractivity contribution < 1.29 is 0 Å². The minimum Gasteiger partial charge on any atom is -0.256 e. The van der Waals surface area contributed by atoms with E-state index in [1.54, 1.807) is 0 Å². The van der Waals surface area contributed by atoms with E-state index in [2.05, 4.69) is 289 Å². The van der Waals surface area contributed by atoms with Gasteiger partial charge in [0.15, 0.2) is 0 Å². The zero-order valence-electron chi connectivity index (χ0n) is 62.4. The smallest absolute Gasteiger partial charge is 0.0970 e. The van der Waals surface area contributed by atoms with Crippen molar-refractivity contribution >= 4 is 184 Å². The summed E-state index contributed by atoms with van der Waals surface area (Å²) >= 11 is 0. The first-order chi connectivity index (χ1) is 57.5. The van der Waals surface area contributed by atoms with Crippen LogP contribution in [-0.4, -0.2) is 39.9 Å². The molecule has 8 aromatic heterocycles. The maximum atomic E-state index is 4.78. The second-order valence-electron chi connectivity index (χ2n) is 30.3. The summed E-state index contributed by atoms with van der Waals surface area (Å²) in [5, 5.41) is 31.9. The molecule has 8 nitrogen and oxygen atoms in total. The minimum absolute atomic E-state index is 0.930. The van der Waals surface area contributed by atoms with Gasteiger partial charge in [-0.1, -0.05) is 255 Å². The molecule has 0 bridgehead atoms. The first kappa shape index (κ1) is 65.1. The Morgan fingerprint density at radius 1 is 0.138 bits per heavy atom. The van der Waals surface area contributed by atoms with Crippen molar-refractivity contribution in [3.63, 3.8) is 0 Å². The number of rotatable bonds is 6. The Labute approximate surface area is 663 Å². The molecular formula is C108H62N8. The fourth-order valence-electron chi connectivity index (χ4n) is 18.9. The van der Waals surface area contributed by atoms with Crippen LogP contribution >= 0.6 is 0 Å². The molecule has 8 heteroatoms. The lowest BCUT2D eigenvalue weighted by molar-refractivity contribution is 1.37. The van der Waals surface area contributed by atoms with E-state index in [9.17, 15) is 0 Å². The number of fused-ring (bicyclic) bond motifs is 10. The normalized spacial score (nSPS) is 12.0. The van der Waals surface area contributed by atoms with E-state index in [-0.39, 0.29) is 0 Å². The van der Waals surface area contributed by atoms with Gasteiger partial charge < -0.3 is 0 Å². The Balaban J connectivity index is 0.000000101. The summed E-state index contributed by atoms with van der Waals surface area (Å²) in [6.45, 7) is 0. The number of pyridine rings is 8. The van der Waals surface area contributed by atoms with Gasteiger partial charge in [-0.3, -0.25) is 39.9 Å². The van der Waals surface area contributed by atoms with Gasteiger partial charge in [0.2, 0.25) is 0 Å². The highest BCUT2D eigenvalue weighted by Gasteiger charge is 2.23. The molecule has 18 aromatic carbocycles. The number of para-hydroxylation sites is 4. The first-order valence-corrected chi connectivity index (χ1v) is 39.3. The largest absolute Gasteiger partial charge is 0.256 e. The van der Waals surface area contributed by atoms with E-state index < -0.39 is 0 Å². The Kier molecular flexibility index (Phi) is 14.6. The third-order valence-corrected chi connectivity index (χ3v) is 24.1. The molecule has 0 N–H and O–H groups in total. The van der Waals surface area contributed by atoms with E-state index in [1.807, 2.05) is 98.1 Å². The zero-order valence-corrected chi connectivity index (χ0v) is 62.4. The van der Waals surface area contributed by atoms with E-state index in [0.717, 1.165) is 98.4 Å². The third-order valence-electron chi connectivity index (χ3n) is 24.1. The zero-order chi connectivity index (χ0) is 76.1. The van der Waals surface area contributed by atoms with Crippen LogP contribution in [0.4, 0.5) is 0 Å². The molecule has 26 rings (SSSR count). The van der Waals surface area contributed by atoms with Gasteiger partial charge in [0.25, 0.3) is 0 Å². The summed E-state index contributed by atoms with van der Waals surface area (Å²) < 4.78 is 0. The van der Waals surface area contributed by atoms with Crippen LogP contribution in [0.3, 0.4) is 0 Å². The fraction of sp³-hybridized carbons (Fsp3) is 0. The van der Waals surface area contributed by atoms with Gasteiger partial charge in [-0.05, 0) is 214 Å². The third kappa shape index (κ3) is 10.2. The number of hydrogen-bond donors (Lipinski definition) is 0. The van der Waals surface area contributed by atoms with Crippen LogP contribution in [0.1, 0.15) is 0 Å². The molecule has 0 fully saturated rings. The highest BCUT2D eigenvalue weighted by atomic mass is 14.7. The second kappa shape index (κ2) is 26.0. The van der Waals surface area contributed by atoms with Crippen molar-refractivity contribution in [1.29, 1.82) is 0 Å². The van der Waals surface area contributed by atoms with Crippen molar-refractivity contribution in [2.24, 2.45) is 0 Å². The van der Waals surface area contributed by atoms with Crippen LogP contribution in [0.15, 0.2) is 377 Å². The Morgan fingerprint density at radius 2 is 0.414 bits per heavy atom. The molecule has 0 saturated heterocycles. The average Bonchev–Trinajstić information content (AvgIpc) is 0.731. The number of benzene rings is 18. The Morgan fingerprint density at radius 3 is 0.784 bits per heavy atom. The molecule has 0 unspecified atom stereocenters. The van der Waals surface area contributed by atoms with Gasteiger partial charge in [0.05, 0.1) is 44.1 Å². The van der Waals surface area contributed by atoms with Crippen molar-refractivity contribution in [2.45, 2.75) is 0 Å². The lowest BCUT2D eigenvalue weighted by atomic mass is 9.85. The molecular weight excluding hydrogens is 1410 g/mol. The molecule has 0 radical (unpaired) electrons. The lowest BCUT2D eigenvalue weighted by Gasteiger charge is -2.18. The van der Waals surface area contributed by atoms with Crippen LogP contribution < -0.4 is 0 Å². The number of nitrogens with zero attached hydrogens (tertiary/aromatic N) is 8. The molecule has 0 aliphatic carbocycles. The molecule has 0 amide bonds. The van der Waals surface area contributed by atoms with Gasteiger partial charge in [0.1, 0.15) is 0 Å². The number of hydrogen-bond acceptors (Lipinski definition) is 8. The predicted octanol–water partition coefficient (Wildman–Crippen LogP) is 28.1. The summed E-state index contributed by atoms with van der Waals surface area (Å²) in [5.74, 6) is 0. The summed E-state index contributed by atoms with van der Waals surface area (Å²) in [4.78, 5) is 37.9. The molecule has 0 atom stereocenters. The van der Waals surface area contributed by atoms with E-state index in [0.29, 0.717) is 0 Å². The lowest BCUT2D eigenvalue weighted by Crippen LogP contribution is -1.93. The molecule has 0 saturated carbocycles. The quantitative estimate of drug-likeness (QED) is 0.152. The maximum absolute atomic E-state index is 4.78. The molecule has 0 spiro atoms. The molecule has 116 heavy (non-hydrogen) atoms. The van der Waals surface area contributed by atoms with Crippen molar-refractivity contribution in [1.82, 2.24) is 39.9 Å². The van der Waals surface area contributed by atoms with Gasteiger partial charge >= 0.3 is 0 Å². The van der Waals surface area contributed by atoms with Crippen LogP contribution in [-0.2, 0) is 0 Å². The van der Waals surface area contributed by atoms with Gasteiger partial charge in [-0.15, -0.1) is 0 Å². The van der Waals surface area contributed by atoms with Crippen molar-refractivity contribution in [3.05, 3.63) is 377 Å². The summed E-state index contributed by atoms with van der Waals surface area (Å²) in [6, 6.07) is 118. The highest BCUT2D eigenvalue weighted by molar-refractivity contribution is 6.32. The van der Waals surface area contributed by atoms with Gasteiger partial charge in [-0.25, -0.2) is 0 Å². The minimum atomic E-state index is 0.930.